The molecule has 0 spiro atoms. The molecule has 5 heteroatoms. The molecule has 0 aliphatic heterocycles. The van der Waals surface area contributed by atoms with Gasteiger partial charge in [0.25, 0.3) is 5.56 Å². The van der Waals surface area contributed by atoms with E-state index in [4.69, 9.17) is 6.42 Å². The Morgan fingerprint density at radius 3 is 2.55 bits per heavy atom. The number of pyridine rings is 2. The van der Waals surface area contributed by atoms with Crippen LogP contribution in [0, 0.1) is 12.3 Å². The molecular weight excluding hydrogens is 384 g/mol. The van der Waals surface area contributed by atoms with E-state index in [1.54, 1.807) is 41.1 Å². The van der Waals surface area contributed by atoms with Gasteiger partial charge in [0.1, 0.15) is 5.82 Å². The molecule has 0 saturated heterocycles. The number of rotatable bonds is 3. The average Bonchev–Trinajstić information content (AvgIpc) is 2.83. The lowest BCUT2D eigenvalue weighted by Gasteiger charge is -2.11. The first-order chi connectivity index (χ1) is 15.2. The zero-order chi connectivity index (χ0) is 21.2. The van der Waals surface area contributed by atoms with Crippen molar-refractivity contribution in [1.82, 2.24) is 19.5 Å². The van der Waals surface area contributed by atoms with Crippen molar-refractivity contribution in [1.29, 1.82) is 0 Å². The molecule has 0 aliphatic carbocycles. The Hall–Kier alpha value is -4.56. The van der Waals surface area contributed by atoms with E-state index in [0.29, 0.717) is 22.5 Å². The SMILES string of the molecule is C#Cc1ccc(-n2c(/C=C/c3ccc4ccccc4n3)nc3ncccc3c2=O)cc1. The minimum absolute atomic E-state index is 0.197. The molecule has 3 aromatic heterocycles. The minimum atomic E-state index is -0.197. The molecule has 31 heavy (non-hydrogen) atoms. The van der Waals surface area contributed by atoms with Crippen LogP contribution in [0.3, 0.4) is 0 Å². The molecule has 0 unspecified atom stereocenters. The van der Waals surface area contributed by atoms with Gasteiger partial charge in [-0.05, 0) is 60.7 Å². The molecule has 146 valence electrons. The van der Waals surface area contributed by atoms with E-state index in [-0.39, 0.29) is 5.56 Å². The van der Waals surface area contributed by atoms with Gasteiger partial charge in [-0.2, -0.15) is 0 Å². The van der Waals surface area contributed by atoms with Gasteiger partial charge in [0.05, 0.1) is 22.3 Å². The standard InChI is InChI=1S/C26H16N4O/c1-2-18-9-14-21(15-10-18)30-24(29-25-22(26(30)31)7-5-17-27-25)16-13-20-12-11-19-6-3-4-8-23(19)28-20/h1,3-17H/b16-13+. The summed E-state index contributed by atoms with van der Waals surface area (Å²) >= 11 is 0. The van der Waals surface area contributed by atoms with Gasteiger partial charge in [-0.1, -0.05) is 30.2 Å². The fourth-order valence-corrected chi connectivity index (χ4v) is 3.44. The summed E-state index contributed by atoms with van der Waals surface area (Å²) in [4.78, 5) is 26.8. The Morgan fingerprint density at radius 2 is 1.71 bits per heavy atom. The van der Waals surface area contributed by atoms with Gasteiger partial charge in [0.15, 0.2) is 5.65 Å². The second-order valence-electron chi connectivity index (χ2n) is 6.94. The van der Waals surface area contributed by atoms with E-state index >= 15 is 0 Å². The van der Waals surface area contributed by atoms with Crippen molar-refractivity contribution in [3.63, 3.8) is 0 Å². The van der Waals surface area contributed by atoms with E-state index in [1.165, 1.54) is 0 Å². The van der Waals surface area contributed by atoms with Crippen molar-refractivity contribution in [2.45, 2.75) is 0 Å². The molecule has 0 saturated carbocycles. The molecule has 0 bridgehead atoms. The van der Waals surface area contributed by atoms with Gasteiger partial charge in [0, 0.05) is 17.1 Å². The van der Waals surface area contributed by atoms with Crippen LogP contribution in [0.2, 0.25) is 0 Å². The average molecular weight is 400 g/mol. The molecule has 0 atom stereocenters. The fourth-order valence-electron chi connectivity index (χ4n) is 3.44. The summed E-state index contributed by atoms with van der Waals surface area (Å²) < 4.78 is 1.56. The topological polar surface area (TPSA) is 60.7 Å². The van der Waals surface area contributed by atoms with Gasteiger partial charge in [-0.3, -0.25) is 9.36 Å². The van der Waals surface area contributed by atoms with Crippen LogP contribution in [-0.2, 0) is 0 Å². The van der Waals surface area contributed by atoms with Crippen molar-refractivity contribution < 1.29 is 0 Å². The van der Waals surface area contributed by atoms with Crippen molar-refractivity contribution in [2.75, 3.05) is 0 Å². The van der Waals surface area contributed by atoms with Crippen LogP contribution in [0.1, 0.15) is 17.1 Å². The molecule has 0 aliphatic rings. The Balaban J connectivity index is 1.67. The number of terminal acetylenes is 1. The van der Waals surface area contributed by atoms with Gasteiger partial charge in [-0.15, -0.1) is 6.42 Å². The number of hydrogen-bond donors (Lipinski definition) is 0. The van der Waals surface area contributed by atoms with Crippen LogP contribution in [-0.4, -0.2) is 19.5 Å². The highest BCUT2D eigenvalue weighted by Gasteiger charge is 2.12. The normalized spacial score (nSPS) is 11.2. The molecule has 5 nitrogen and oxygen atoms in total. The fraction of sp³-hybridized carbons (Fsp3) is 0. The molecule has 0 N–H and O–H groups in total. The largest absolute Gasteiger partial charge is 0.268 e. The van der Waals surface area contributed by atoms with Crippen molar-refractivity contribution in [3.05, 3.63) is 106 Å². The maximum Gasteiger partial charge on any atom is 0.267 e. The van der Waals surface area contributed by atoms with Crippen LogP contribution < -0.4 is 5.56 Å². The zero-order valence-electron chi connectivity index (χ0n) is 16.4. The second-order valence-corrected chi connectivity index (χ2v) is 6.94. The number of hydrogen-bond acceptors (Lipinski definition) is 4. The maximum absolute atomic E-state index is 13.3. The molecule has 0 radical (unpaired) electrons. The highest BCUT2D eigenvalue weighted by atomic mass is 16.1. The third-order valence-electron chi connectivity index (χ3n) is 4.99. The van der Waals surface area contributed by atoms with Gasteiger partial charge < -0.3 is 0 Å². The minimum Gasteiger partial charge on any atom is -0.268 e. The zero-order valence-corrected chi connectivity index (χ0v) is 16.4. The molecule has 5 aromatic rings. The lowest BCUT2D eigenvalue weighted by atomic mass is 10.2. The van der Waals surface area contributed by atoms with Crippen LogP contribution in [0.5, 0.6) is 0 Å². The Kier molecular flexibility index (Phi) is 4.58. The van der Waals surface area contributed by atoms with Crippen LogP contribution in [0.25, 0.3) is 39.8 Å². The van der Waals surface area contributed by atoms with Gasteiger partial charge in [-0.25, -0.2) is 15.0 Å². The summed E-state index contributed by atoms with van der Waals surface area (Å²) in [7, 11) is 0. The highest BCUT2D eigenvalue weighted by Crippen LogP contribution is 2.16. The molecule has 0 amide bonds. The Bertz CT molecular complexity index is 1560. The first-order valence-corrected chi connectivity index (χ1v) is 9.72. The van der Waals surface area contributed by atoms with Gasteiger partial charge >= 0.3 is 0 Å². The smallest absolute Gasteiger partial charge is 0.267 e. The summed E-state index contributed by atoms with van der Waals surface area (Å²) in [5.74, 6) is 3.05. The van der Waals surface area contributed by atoms with Crippen molar-refractivity contribution >= 4 is 34.1 Å². The monoisotopic (exact) mass is 400 g/mol. The molecule has 0 fully saturated rings. The van der Waals surface area contributed by atoms with E-state index in [1.807, 2.05) is 54.6 Å². The van der Waals surface area contributed by atoms with E-state index in [0.717, 1.165) is 22.2 Å². The Labute approximate surface area is 178 Å². The predicted molar refractivity (Wildman–Crippen MR) is 124 cm³/mol. The van der Waals surface area contributed by atoms with E-state index in [2.05, 4.69) is 20.9 Å². The van der Waals surface area contributed by atoms with E-state index < -0.39 is 0 Å². The second kappa shape index (κ2) is 7.69. The number of aromatic nitrogens is 4. The van der Waals surface area contributed by atoms with Crippen LogP contribution >= 0.6 is 0 Å². The first kappa shape index (κ1) is 18.5. The van der Waals surface area contributed by atoms with Gasteiger partial charge in [0.2, 0.25) is 0 Å². The third kappa shape index (κ3) is 3.47. The van der Waals surface area contributed by atoms with Crippen LogP contribution in [0.4, 0.5) is 0 Å². The number of para-hydroxylation sites is 1. The summed E-state index contributed by atoms with van der Waals surface area (Å²) in [6, 6.07) is 22.5. The number of nitrogens with zero attached hydrogens (tertiary/aromatic N) is 4. The van der Waals surface area contributed by atoms with Crippen molar-refractivity contribution in [2.24, 2.45) is 0 Å². The Morgan fingerprint density at radius 1 is 0.871 bits per heavy atom. The molecule has 5 rings (SSSR count). The van der Waals surface area contributed by atoms with Crippen LogP contribution in [0.15, 0.2) is 83.8 Å². The molecule has 3 heterocycles. The highest BCUT2D eigenvalue weighted by molar-refractivity contribution is 5.81. The first-order valence-electron chi connectivity index (χ1n) is 9.72. The van der Waals surface area contributed by atoms with E-state index in [9.17, 15) is 4.79 Å². The number of benzene rings is 2. The maximum atomic E-state index is 13.3. The number of fused-ring (bicyclic) bond motifs is 2. The lowest BCUT2D eigenvalue weighted by Crippen LogP contribution is -2.22. The molecular formula is C26H16N4O. The summed E-state index contributed by atoms with van der Waals surface area (Å²) in [6.07, 6.45) is 10.7. The molecule has 2 aromatic carbocycles. The van der Waals surface area contributed by atoms with Crippen molar-refractivity contribution in [3.8, 4) is 18.0 Å². The third-order valence-corrected chi connectivity index (χ3v) is 4.99. The lowest BCUT2D eigenvalue weighted by molar-refractivity contribution is 0.937. The quantitative estimate of drug-likeness (QED) is 0.419. The summed E-state index contributed by atoms with van der Waals surface area (Å²) in [5.41, 5.74) is 3.29. The summed E-state index contributed by atoms with van der Waals surface area (Å²) in [6.45, 7) is 0. The predicted octanol–water partition coefficient (Wildman–Crippen LogP) is 4.48. The summed E-state index contributed by atoms with van der Waals surface area (Å²) in [5, 5.41) is 1.52.